The lowest BCUT2D eigenvalue weighted by Gasteiger charge is -2.37. The number of nitrogens with one attached hydrogen (secondary N) is 2. The van der Waals surface area contributed by atoms with E-state index < -0.39 is 36.0 Å². The van der Waals surface area contributed by atoms with Crippen molar-refractivity contribution >= 4 is 41.0 Å². The van der Waals surface area contributed by atoms with E-state index in [1.165, 1.54) is 4.90 Å². The number of benzene rings is 6. The van der Waals surface area contributed by atoms with Crippen molar-refractivity contribution in [2.45, 2.75) is 44.2 Å². The summed E-state index contributed by atoms with van der Waals surface area (Å²) in [6.07, 6.45) is -0.887. The van der Waals surface area contributed by atoms with Crippen molar-refractivity contribution in [1.29, 1.82) is 5.26 Å². The number of anilines is 1. The number of rotatable bonds is 11. The Balaban J connectivity index is 0.994. The van der Waals surface area contributed by atoms with Gasteiger partial charge in [0.05, 0.1) is 17.3 Å². The van der Waals surface area contributed by atoms with Gasteiger partial charge in [-0.15, -0.1) is 0 Å². The molecule has 0 radical (unpaired) electrons. The SMILES string of the molecule is N#Cc1ccc(-c2ccc(CC(NC(=O)[C@@H]3Cc4cc5c(cc4CN3C(=O)c3ccccc3)O[C@@H](c3ccc(OCc4ccc(Cl)cc4)cc3)C(=O)N5)C(=O)O)cc2)cc1. The quantitative estimate of drug-likeness (QED) is 0.119. The highest BCUT2D eigenvalue weighted by Gasteiger charge is 2.39. The number of nitriles is 1. The Kier molecular flexibility index (Phi) is 11.3. The number of fused-ring (bicyclic) bond motifs is 2. The third-order valence-corrected chi connectivity index (χ3v) is 10.9. The summed E-state index contributed by atoms with van der Waals surface area (Å²) in [7, 11) is 0. The van der Waals surface area contributed by atoms with Gasteiger partial charge in [0.25, 0.3) is 11.8 Å². The average Bonchev–Trinajstić information content (AvgIpc) is 3.27. The molecule has 3 atom stereocenters. The molecule has 12 heteroatoms. The van der Waals surface area contributed by atoms with E-state index in [9.17, 15) is 24.3 Å². The zero-order chi connectivity index (χ0) is 41.8. The summed E-state index contributed by atoms with van der Waals surface area (Å²) in [5.41, 5.74) is 6.82. The van der Waals surface area contributed by atoms with Crippen molar-refractivity contribution in [3.05, 3.63) is 183 Å². The Morgan fingerprint density at radius 2 is 1.53 bits per heavy atom. The normalized spacial score (nSPS) is 15.9. The van der Waals surface area contributed by atoms with Crippen LogP contribution in [0.25, 0.3) is 11.1 Å². The lowest BCUT2D eigenvalue weighted by atomic mass is 9.91. The predicted octanol–water partition coefficient (Wildman–Crippen LogP) is 7.91. The fourth-order valence-electron chi connectivity index (χ4n) is 7.36. The number of carboxylic acids is 1. The molecular formula is C48H37ClN4O7. The van der Waals surface area contributed by atoms with E-state index in [1.54, 1.807) is 103 Å². The Morgan fingerprint density at radius 1 is 0.867 bits per heavy atom. The third-order valence-electron chi connectivity index (χ3n) is 10.6. The van der Waals surface area contributed by atoms with Gasteiger partial charge in [-0.05, 0) is 94.0 Å². The maximum atomic E-state index is 14.1. The number of halogens is 1. The van der Waals surface area contributed by atoms with E-state index in [-0.39, 0.29) is 25.3 Å². The van der Waals surface area contributed by atoms with Crippen LogP contribution < -0.4 is 20.1 Å². The second-order valence-corrected chi connectivity index (χ2v) is 15.0. The van der Waals surface area contributed by atoms with Crippen LogP contribution in [0.15, 0.2) is 140 Å². The highest BCUT2D eigenvalue weighted by atomic mass is 35.5. The molecule has 2 aliphatic heterocycles. The fourth-order valence-corrected chi connectivity index (χ4v) is 7.49. The minimum Gasteiger partial charge on any atom is -0.489 e. The summed E-state index contributed by atoms with van der Waals surface area (Å²) >= 11 is 5.99. The fraction of sp³-hybridized carbons (Fsp3) is 0.146. The van der Waals surface area contributed by atoms with Gasteiger partial charge in [-0.1, -0.05) is 90.5 Å². The van der Waals surface area contributed by atoms with Crippen LogP contribution in [-0.4, -0.2) is 45.8 Å². The van der Waals surface area contributed by atoms with E-state index in [1.807, 2.05) is 36.4 Å². The molecule has 0 saturated carbocycles. The van der Waals surface area contributed by atoms with Gasteiger partial charge in [-0.3, -0.25) is 14.4 Å². The van der Waals surface area contributed by atoms with E-state index in [2.05, 4.69) is 16.7 Å². The minimum atomic E-state index is -1.29. The van der Waals surface area contributed by atoms with Crippen molar-refractivity contribution in [2.24, 2.45) is 0 Å². The number of carbonyl (C=O) groups excluding carboxylic acids is 3. The number of ether oxygens (including phenoxy) is 2. The molecule has 2 heterocycles. The molecule has 0 fully saturated rings. The third kappa shape index (κ3) is 8.70. The number of hydrogen-bond donors (Lipinski definition) is 3. The van der Waals surface area contributed by atoms with Crippen LogP contribution in [0.4, 0.5) is 5.69 Å². The van der Waals surface area contributed by atoms with Crippen molar-refractivity contribution in [1.82, 2.24) is 10.2 Å². The molecule has 11 nitrogen and oxygen atoms in total. The monoisotopic (exact) mass is 816 g/mol. The first-order valence-corrected chi connectivity index (χ1v) is 19.6. The van der Waals surface area contributed by atoms with Gasteiger partial charge in [0.2, 0.25) is 12.0 Å². The summed E-state index contributed by atoms with van der Waals surface area (Å²) in [6.45, 7) is 0.379. The standard InChI is InChI=1S/C48H37ClN4O7/c49-38-18-10-31(11-19-38)28-59-39-20-16-34(17-21-39)44-46(55)51-40-23-36-24-42(53(27-37(36)25-43(40)60-44)47(56)35-4-2-1-3-5-35)45(54)52-41(48(57)58)22-29-6-12-32(13-7-29)33-14-8-30(26-50)9-15-33/h1-21,23,25,41-42,44H,22,24,27-28H2,(H,51,55)(H,52,54)(H,57,58)/t41?,42-,44-/m0/s1. The van der Waals surface area contributed by atoms with E-state index in [4.69, 9.17) is 26.3 Å². The number of aliphatic carboxylic acids is 1. The molecule has 2 aliphatic rings. The first-order valence-electron chi connectivity index (χ1n) is 19.2. The van der Waals surface area contributed by atoms with Gasteiger partial charge in [0, 0.05) is 35.5 Å². The first-order chi connectivity index (χ1) is 29.1. The van der Waals surface area contributed by atoms with Crippen molar-refractivity contribution in [3.8, 4) is 28.7 Å². The molecule has 0 bridgehead atoms. The lowest BCUT2D eigenvalue weighted by Crippen LogP contribution is -2.56. The lowest BCUT2D eigenvalue weighted by molar-refractivity contribution is -0.142. The van der Waals surface area contributed by atoms with E-state index in [0.29, 0.717) is 56.6 Å². The molecule has 0 aliphatic carbocycles. The Labute approximate surface area is 350 Å². The second-order valence-electron chi connectivity index (χ2n) is 14.6. The molecule has 0 aromatic heterocycles. The molecule has 298 valence electrons. The van der Waals surface area contributed by atoms with Crippen LogP contribution >= 0.6 is 11.6 Å². The molecular weight excluding hydrogens is 780 g/mol. The van der Waals surface area contributed by atoms with E-state index >= 15 is 0 Å². The van der Waals surface area contributed by atoms with Crippen LogP contribution in [0.5, 0.6) is 11.5 Å². The van der Waals surface area contributed by atoms with Gasteiger partial charge in [-0.25, -0.2) is 4.79 Å². The largest absolute Gasteiger partial charge is 0.489 e. The predicted molar refractivity (Wildman–Crippen MR) is 224 cm³/mol. The Morgan fingerprint density at radius 3 is 2.20 bits per heavy atom. The number of hydrogen-bond acceptors (Lipinski definition) is 7. The average molecular weight is 817 g/mol. The van der Waals surface area contributed by atoms with Crippen LogP contribution in [0.2, 0.25) is 5.02 Å². The maximum Gasteiger partial charge on any atom is 0.326 e. The van der Waals surface area contributed by atoms with E-state index in [0.717, 1.165) is 22.3 Å². The molecule has 6 aromatic rings. The highest BCUT2D eigenvalue weighted by Crippen LogP contribution is 2.40. The molecule has 3 amide bonds. The molecule has 6 aromatic carbocycles. The number of carboxylic acid groups (broad SMARTS) is 1. The van der Waals surface area contributed by atoms with Crippen molar-refractivity contribution in [3.63, 3.8) is 0 Å². The minimum absolute atomic E-state index is 0.00185. The zero-order valence-electron chi connectivity index (χ0n) is 32.0. The van der Waals surface area contributed by atoms with Gasteiger partial charge < -0.3 is 30.1 Å². The first kappa shape index (κ1) is 39.4. The van der Waals surface area contributed by atoms with Crippen molar-refractivity contribution < 1.29 is 33.8 Å². The summed E-state index contributed by atoms with van der Waals surface area (Å²) in [6, 6.07) is 40.8. The number of amides is 3. The highest BCUT2D eigenvalue weighted by molar-refractivity contribution is 6.30. The Bertz CT molecular complexity index is 2610. The zero-order valence-corrected chi connectivity index (χ0v) is 32.8. The van der Waals surface area contributed by atoms with Gasteiger partial charge >= 0.3 is 5.97 Å². The van der Waals surface area contributed by atoms with Gasteiger partial charge in [0.15, 0.2) is 0 Å². The molecule has 3 N–H and O–H groups in total. The van der Waals surface area contributed by atoms with Crippen LogP contribution in [0, 0.1) is 11.3 Å². The summed E-state index contributed by atoms with van der Waals surface area (Å²) in [5.74, 6) is -1.59. The van der Waals surface area contributed by atoms with Gasteiger partial charge in [-0.2, -0.15) is 5.26 Å². The van der Waals surface area contributed by atoms with Crippen LogP contribution in [0.3, 0.4) is 0 Å². The maximum absolute atomic E-state index is 14.1. The van der Waals surface area contributed by atoms with Gasteiger partial charge in [0.1, 0.15) is 30.2 Å². The smallest absolute Gasteiger partial charge is 0.326 e. The van der Waals surface area contributed by atoms with Crippen LogP contribution in [-0.2, 0) is 40.4 Å². The molecule has 0 spiro atoms. The summed E-state index contributed by atoms with van der Waals surface area (Å²) < 4.78 is 12.2. The summed E-state index contributed by atoms with van der Waals surface area (Å²) in [4.78, 5) is 55.6. The molecule has 0 saturated heterocycles. The van der Waals surface area contributed by atoms with Crippen LogP contribution in [0.1, 0.15) is 49.8 Å². The van der Waals surface area contributed by atoms with Crippen molar-refractivity contribution in [2.75, 3.05) is 5.32 Å². The molecule has 1 unspecified atom stereocenters. The topological polar surface area (TPSA) is 158 Å². The second kappa shape index (κ2) is 17.2. The number of nitrogens with zero attached hydrogens (tertiary/aromatic N) is 2. The molecule has 60 heavy (non-hydrogen) atoms. The molecule has 8 rings (SSSR count). The number of carbonyl (C=O) groups is 4. The Hall–Kier alpha value is -7.42. The summed E-state index contributed by atoms with van der Waals surface area (Å²) in [5, 5.41) is 25.6.